The number of carbonyl (C=O) groups is 2. The van der Waals surface area contributed by atoms with E-state index in [0.717, 1.165) is 39.1 Å². The number of nitrogens with one attached hydrogen (secondary N) is 1. The monoisotopic (exact) mass is 520 g/mol. The summed E-state index contributed by atoms with van der Waals surface area (Å²) >= 11 is 7.10. The molecule has 0 saturated carbocycles. The highest BCUT2D eigenvalue weighted by molar-refractivity contribution is 8.14. The Balaban J connectivity index is 1.39. The SMILES string of the molecule is Cc1ccc(C2=NN(C(=N)S[C@H]3CC(=O)N(c4ccc(F)cc4)C3=O)[C@H](c3ccc(Cl)cc3)C2)cc1. The zero-order valence-electron chi connectivity index (χ0n) is 19.3. The van der Waals surface area contributed by atoms with Gasteiger partial charge in [-0.2, -0.15) is 5.10 Å². The Hall–Kier alpha value is -3.49. The quantitative estimate of drug-likeness (QED) is 0.262. The predicted octanol–water partition coefficient (Wildman–Crippen LogP) is 5.94. The van der Waals surface area contributed by atoms with Crippen LogP contribution in [0.4, 0.5) is 10.1 Å². The standard InChI is InChI=1S/C27H22ClFN4O2S/c1-16-2-4-17(5-3-16)22-14-23(18-6-8-19(28)9-7-18)33(31-22)27(30)36-24-15-25(34)32(26(24)35)21-12-10-20(29)11-13-21/h2-13,23-24,30H,14-15H2,1H3/t23-,24-/m0/s1. The lowest BCUT2D eigenvalue weighted by atomic mass is 9.98. The molecule has 0 unspecified atom stereocenters. The van der Waals surface area contributed by atoms with E-state index in [2.05, 4.69) is 0 Å². The number of nitrogens with zero attached hydrogens (tertiary/aromatic N) is 3. The van der Waals surface area contributed by atoms with Crippen LogP contribution < -0.4 is 4.90 Å². The van der Waals surface area contributed by atoms with Crippen molar-refractivity contribution in [2.75, 3.05) is 4.90 Å². The molecule has 6 nitrogen and oxygen atoms in total. The lowest BCUT2D eigenvalue weighted by Crippen LogP contribution is -2.32. The summed E-state index contributed by atoms with van der Waals surface area (Å²) in [5.74, 6) is -1.25. The van der Waals surface area contributed by atoms with E-state index in [-0.39, 0.29) is 23.5 Å². The predicted molar refractivity (Wildman–Crippen MR) is 141 cm³/mol. The van der Waals surface area contributed by atoms with Gasteiger partial charge in [-0.1, -0.05) is 65.3 Å². The average molecular weight is 521 g/mol. The first-order valence-corrected chi connectivity index (χ1v) is 12.6. The van der Waals surface area contributed by atoms with E-state index in [1.54, 1.807) is 17.1 Å². The van der Waals surface area contributed by atoms with Crippen molar-refractivity contribution < 1.29 is 14.0 Å². The van der Waals surface area contributed by atoms with Crippen LogP contribution in [0.5, 0.6) is 0 Å². The molecule has 2 aliphatic heterocycles. The molecular formula is C27H22ClFN4O2S. The molecule has 1 saturated heterocycles. The fraction of sp³-hybridized carbons (Fsp3) is 0.185. The van der Waals surface area contributed by atoms with Crippen molar-refractivity contribution in [2.24, 2.45) is 5.10 Å². The van der Waals surface area contributed by atoms with Crippen LogP contribution in [0.3, 0.4) is 0 Å². The van der Waals surface area contributed by atoms with Crippen LogP contribution in [0, 0.1) is 18.2 Å². The molecule has 0 spiro atoms. The topological polar surface area (TPSA) is 76.8 Å². The normalized spacial score (nSPS) is 19.7. The van der Waals surface area contributed by atoms with E-state index in [1.807, 2.05) is 43.3 Å². The number of halogens is 2. The molecule has 36 heavy (non-hydrogen) atoms. The fourth-order valence-electron chi connectivity index (χ4n) is 4.31. The molecule has 1 fully saturated rings. The smallest absolute Gasteiger partial charge is 0.247 e. The van der Waals surface area contributed by atoms with Gasteiger partial charge in [0, 0.05) is 17.9 Å². The number of amidine groups is 1. The molecule has 2 aliphatic rings. The zero-order chi connectivity index (χ0) is 25.4. The van der Waals surface area contributed by atoms with Crippen LogP contribution >= 0.6 is 23.4 Å². The Labute approximate surface area is 217 Å². The molecule has 0 aliphatic carbocycles. The van der Waals surface area contributed by atoms with Gasteiger partial charge in [-0.05, 0) is 54.4 Å². The molecule has 0 aromatic heterocycles. The minimum Gasteiger partial charge on any atom is -0.277 e. The van der Waals surface area contributed by atoms with Crippen LogP contribution in [-0.4, -0.2) is 33.0 Å². The van der Waals surface area contributed by atoms with Crippen molar-refractivity contribution in [3.8, 4) is 0 Å². The van der Waals surface area contributed by atoms with E-state index in [1.165, 1.54) is 24.3 Å². The molecule has 1 N–H and O–H groups in total. The second kappa shape index (κ2) is 9.87. The number of hydrazone groups is 1. The highest BCUT2D eigenvalue weighted by Crippen LogP contribution is 2.38. The fourth-order valence-corrected chi connectivity index (χ4v) is 5.41. The molecule has 182 valence electrons. The molecule has 3 aromatic carbocycles. The maximum absolute atomic E-state index is 13.3. The van der Waals surface area contributed by atoms with Crippen molar-refractivity contribution in [3.05, 3.63) is 100 Å². The maximum atomic E-state index is 13.3. The maximum Gasteiger partial charge on any atom is 0.247 e. The minimum absolute atomic E-state index is 0.0444. The van der Waals surface area contributed by atoms with Crippen LogP contribution in [0.15, 0.2) is 77.9 Å². The molecule has 2 amide bonds. The van der Waals surface area contributed by atoms with Crippen molar-refractivity contribution in [3.63, 3.8) is 0 Å². The van der Waals surface area contributed by atoms with Crippen molar-refractivity contribution in [2.45, 2.75) is 31.1 Å². The first kappa shape index (κ1) is 24.2. The number of carbonyl (C=O) groups excluding carboxylic acids is 2. The first-order valence-electron chi connectivity index (χ1n) is 11.4. The summed E-state index contributed by atoms with van der Waals surface area (Å²) in [4.78, 5) is 26.8. The number of hydrogen-bond acceptors (Lipinski definition) is 5. The lowest BCUT2D eigenvalue weighted by Gasteiger charge is -2.24. The molecule has 0 radical (unpaired) electrons. The summed E-state index contributed by atoms with van der Waals surface area (Å²) in [7, 11) is 0. The van der Waals surface area contributed by atoms with Gasteiger partial charge in [-0.25, -0.2) is 14.3 Å². The third-order valence-corrected chi connectivity index (χ3v) is 7.52. The van der Waals surface area contributed by atoms with Gasteiger partial charge < -0.3 is 0 Å². The second-order valence-corrected chi connectivity index (χ2v) is 10.3. The summed E-state index contributed by atoms with van der Waals surface area (Å²) in [6.45, 7) is 2.02. The Bertz CT molecular complexity index is 1360. The Morgan fingerprint density at radius 2 is 1.67 bits per heavy atom. The number of thioether (sulfide) groups is 1. The molecular weight excluding hydrogens is 499 g/mol. The van der Waals surface area contributed by atoms with E-state index in [9.17, 15) is 14.0 Å². The van der Waals surface area contributed by atoms with Crippen LogP contribution in [0.2, 0.25) is 5.02 Å². The molecule has 3 aromatic rings. The Morgan fingerprint density at radius 1 is 1.00 bits per heavy atom. The third kappa shape index (κ3) is 4.79. The number of amides is 2. The minimum atomic E-state index is -0.764. The summed E-state index contributed by atoms with van der Waals surface area (Å²) in [6.07, 6.45) is 0.532. The molecule has 9 heteroatoms. The summed E-state index contributed by atoms with van der Waals surface area (Å²) in [5.41, 5.74) is 4.21. The molecule has 2 heterocycles. The van der Waals surface area contributed by atoms with Crippen molar-refractivity contribution in [1.82, 2.24) is 5.01 Å². The van der Waals surface area contributed by atoms with Gasteiger partial charge in [0.05, 0.1) is 17.4 Å². The van der Waals surface area contributed by atoms with Gasteiger partial charge in [0.25, 0.3) is 0 Å². The third-order valence-electron chi connectivity index (χ3n) is 6.20. The molecule has 5 rings (SSSR count). The molecule has 0 bridgehead atoms. The van der Waals surface area contributed by atoms with E-state index < -0.39 is 17.0 Å². The molecule has 2 atom stereocenters. The summed E-state index contributed by atoms with van der Waals surface area (Å²) in [5, 5.41) is 15.1. The summed E-state index contributed by atoms with van der Waals surface area (Å²) in [6, 6.07) is 20.4. The van der Waals surface area contributed by atoms with Gasteiger partial charge in [-0.3, -0.25) is 15.0 Å². The van der Waals surface area contributed by atoms with Gasteiger partial charge in [0.1, 0.15) is 11.1 Å². The van der Waals surface area contributed by atoms with Gasteiger partial charge in [0.2, 0.25) is 11.8 Å². The Morgan fingerprint density at radius 3 is 2.33 bits per heavy atom. The number of rotatable bonds is 4. The number of benzene rings is 3. The number of hydrogen-bond donors (Lipinski definition) is 1. The van der Waals surface area contributed by atoms with E-state index in [0.29, 0.717) is 17.1 Å². The van der Waals surface area contributed by atoms with Crippen LogP contribution in [-0.2, 0) is 9.59 Å². The highest BCUT2D eigenvalue weighted by Gasteiger charge is 2.42. The lowest BCUT2D eigenvalue weighted by molar-refractivity contribution is -0.121. The number of aryl methyl sites for hydroxylation is 1. The average Bonchev–Trinajstić information content (AvgIpc) is 3.42. The van der Waals surface area contributed by atoms with E-state index >= 15 is 0 Å². The number of imide groups is 1. The number of anilines is 1. The van der Waals surface area contributed by atoms with Crippen molar-refractivity contribution in [1.29, 1.82) is 5.41 Å². The van der Waals surface area contributed by atoms with Gasteiger partial charge >= 0.3 is 0 Å². The van der Waals surface area contributed by atoms with E-state index in [4.69, 9.17) is 22.1 Å². The van der Waals surface area contributed by atoms with Crippen LogP contribution in [0.25, 0.3) is 0 Å². The van der Waals surface area contributed by atoms with Gasteiger partial charge in [0.15, 0.2) is 5.17 Å². The van der Waals surface area contributed by atoms with Gasteiger partial charge in [-0.15, -0.1) is 0 Å². The Kier molecular flexibility index (Phi) is 6.64. The highest BCUT2D eigenvalue weighted by atomic mass is 35.5. The first-order chi connectivity index (χ1) is 17.3. The van der Waals surface area contributed by atoms with Crippen molar-refractivity contribution >= 4 is 51.7 Å². The van der Waals surface area contributed by atoms with Crippen LogP contribution in [0.1, 0.15) is 35.6 Å². The zero-order valence-corrected chi connectivity index (χ0v) is 20.9. The summed E-state index contributed by atoms with van der Waals surface area (Å²) < 4.78 is 13.3. The second-order valence-electron chi connectivity index (χ2n) is 8.69. The largest absolute Gasteiger partial charge is 0.277 e.